The molecule has 0 bridgehead atoms. The monoisotopic (exact) mass is 289 g/mol. The van der Waals surface area contributed by atoms with E-state index in [1.165, 1.54) is 0 Å². The maximum Gasteiger partial charge on any atom is 0.254 e. The zero-order valence-electron chi connectivity index (χ0n) is 13.1. The maximum atomic E-state index is 12.7. The molecule has 114 valence electrons. The minimum atomic E-state index is -0.191. The van der Waals surface area contributed by atoms with Gasteiger partial charge in [-0.15, -0.1) is 0 Å². The molecular formula is C17H23NO3. The highest BCUT2D eigenvalue weighted by Crippen LogP contribution is 2.16. The van der Waals surface area contributed by atoms with Crippen LogP contribution in [0.1, 0.15) is 35.3 Å². The van der Waals surface area contributed by atoms with E-state index in [-0.39, 0.29) is 18.6 Å². The molecule has 1 N–H and O–H groups in total. The zero-order chi connectivity index (χ0) is 15.8. The first kappa shape index (κ1) is 17.2. The minimum absolute atomic E-state index is 0.0130. The summed E-state index contributed by atoms with van der Waals surface area (Å²) in [5.74, 6) is 5.47. The summed E-state index contributed by atoms with van der Waals surface area (Å²) in [4.78, 5) is 14.5. The summed E-state index contributed by atoms with van der Waals surface area (Å²) in [6, 6.07) is 5.49. The molecule has 0 saturated carbocycles. The van der Waals surface area contributed by atoms with Crippen LogP contribution in [0.4, 0.5) is 0 Å². The number of amides is 1. The van der Waals surface area contributed by atoms with Crippen LogP contribution in [0.3, 0.4) is 0 Å². The van der Waals surface area contributed by atoms with Crippen molar-refractivity contribution in [2.24, 2.45) is 0 Å². The van der Waals surface area contributed by atoms with E-state index in [4.69, 9.17) is 9.84 Å². The first-order chi connectivity index (χ1) is 10.1. The van der Waals surface area contributed by atoms with Gasteiger partial charge in [-0.2, -0.15) is 0 Å². The van der Waals surface area contributed by atoms with Gasteiger partial charge in [0, 0.05) is 24.8 Å². The Kier molecular flexibility index (Phi) is 6.93. The molecule has 1 aromatic carbocycles. The molecular weight excluding hydrogens is 266 g/mol. The number of aliphatic hydroxyl groups is 1. The predicted molar refractivity (Wildman–Crippen MR) is 83.2 cm³/mol. The van der Waals surface area contributed by atoms with Crippen LogP contribution in [0.2, 0.25) is 0 Å². The van der Waals surface area contributed by atoms with E-state index in [9.17, 15) is 4.79 Å². The fraction of sp³-hybridized carbons (Fsp3) is 0.471. The molecule has 1 aromatic rings. The Morgan fingerprint density at radius 1 is 1.48 bits per heavy atom. The van der Waals surface area contributed by atoms with E-state index in [0.717, 1.165) is 11.1 Å². The van der Waals surface area contributed by atoms with Gasteiger partial charge in [-0.25, -0.2) is 0 Å². The number of aliphatic hydroxyl groups excluding tert-OH is 1. The lowest BCUT2D eigenvalue weighted by molar-refractivity contribution is 0.0578. The summed E-state index contributed by atoms with van der Waals surface area (Å²) >= 11 is 0. The molecule has 4 heteroatoms. The topological polar surface area (TPSA) is 49.8 Å². The van der Waals surface area contributed by atoms with Crippen LogP contribution in [-0.4, -0.2) is 48.8 Å². The average molecular weight is 289 g/mol. The number of benzene rings is 1. The number of ether oxygens (including phenoxy) is 1. The molecule has 1 rings (SSSR count). The zero-order valence-corrected chi connectivity index (χ0v) is 13.1. The maximum absolute atomic E-state index is 12.7. The fourth-order valence-corrected chi connectivity index (χ4v) is 2.28. The quantitative estimate of drug-likeness (QED) is 0.841. The van der Waals surface area contributed by atoms with Crippen LogP contribution >= 0.6 is 0 Å². The van der Waals surface area contributed by atoms with E-state index in [0.29, 0.717) is 18.7 Å². The number of carbonyl (C=O) groups excluding carboxylic acids is 1. The number of likely N-dealkylation sites (N-methyl/N-ethyl adjacent to an activating group) is 1. The van der Waals surface area contributed by atoms with Crippen molar-refractivity contribution in [1.82, 2.24) is 4.90 Å². The molecule has 0 fully saturated rings. The van der Waals surface area contributed by atoms with Crippen molar-refractivity contribution >= 4 is 5.91 Å². The Labute approximate surface area is 126 Å². The van der Waals surface area contributed by atoms with Crippen molar-refractivity contribution in [3.05, 3.63) is 34.9 Å². The summed E-state index contributed by atoms with van der Waals surface area (Å²) in [5, 5.41) is 8.79. The molecule has 0 aromatic heterocycles. The smallest absolute Gasteiger partial charge is 0.254 e. The van der Waals surface area contributed by atoms with Gasteiger partial charge in [0.15, 0.2) is 0 Å². The predicted octanol–water partition coefficient (Wildman–Crippen LogP) is 1.84. The lowest BCUT2D eigenvalue weighted by Crippen LogP contribution is -2.41. The van der Waals surface area contributed by atoms with Gasteiger partial charge >= 0.3 is 0 Å². The molecule has 0 aliphatic carbocycles. The molecule has 0 spiro atoms. The normalized spacial score (nSPS) is 11.5. The average Bonchev–Trinajstić information content (AvgIpc) is 2.47. The van der Waals surface area contributed by atoms with Gasteiger partial charge in [0.1, 0.15) is 6.61 Å². The van der Waals surface area contributed by atoms with Gasteiger partial charge in [0.2, 0.25) is 0 Å². The Bertz CT molecular complexity index is 543. The molecule has 0 aliphatic rings. The molecule has 0 radical (unpaired) electrons. The van der Waals surface area contributed by atoms with Crippen molar-refractivity contribution in [2.75, 3.05) is 26.9 Å². The molecule has 1 unspecified atom stereocenters. The van der Waals surface area contributed by atoms with Crippen molar-refractivity contribution in [2.45, 2.75) is 26.8 Å². The summed E-state index contributed by atoms with van der Waals surface area (Å²) < 4.78 is 5.14. The molecule has 1 amide bonds. The van der Waals surface area contributed by atoms with Crippen LogP contribution in [-0.2, 0) is 4.74 Å². The number of nitrogens with zero attached hydrogens (tertiary/aromatic N) is 1. The Morgan fingerprint density at radius 3 is 2.76 bits per heavy atom. The summed E-state index contributed by atoms with van der Waals surface area (Å²) in [6.07, 6.45) is 0. The highest BCUT2D eigenvalue weighted by molar-refractivity contribution is 5.96. The second-order valence-corrected chi connectivity index (χ2v) is 4.83. The van der Waals surface area contributed by atoms with E-state index in [2.05, 4.69) is 11.8 Å². The molecule has 0 heterocycles. The fourth-order valence-electron chi connectivity index (χ4n) is 2.28. The van der Waals surface area contributed by atoms with E-state index >= 15 is 0 Å². The van der Waals surface area contributed by atoms with Gasteiger partial charge in [-0.1, -0.05) is 17.9 Å². The molecule has 1 atom stereocenters. The lowest BCUT2D eigenvalue weighted by atomic mass is 10.0. The summed E-state index contributed by atoms with van der Waals surface area (Å²) in [6.45, 7) is 6.73. The third-order valence-electron chi connectivity index (χ3n) is 3.41. The standard InChI is InChI=1S/C17H23NO3/c1-5-18(13(2)12-21-4)17(20)16-10-6-8-15(14(16)3)9-7-11-19/h6,8,10,13,19H,5,11-12H2,1-4H3. The SMILES string of the molecule is CCN(C(=O)c1cccc(C#CCO)c1C)C(C)COC. The third kappa shape index (κ3) is 4.32. The summed E-state index contributed by atoms with van der Waals surface area (Å²) in [7, 11) is 1.63. The van der Waals surface area contributed by atoms with Gasteiger partial charge < -0.3 is 14.7 Å². The minimum Gasteiger partial charge on any atom is -0.384 e. The van der Waals surface area contributed by atoms with Crippen LogP contribution in [0.25, 0.3) is 0 Å². The summed E-state index contributed by atoms with van der Waals surface area (Å²) in [5.41, 5.74) is 2.25. The second-order valence-electron chi connectivity index (χ2n) is 4.83. The van der Waals surface area contributed by atoms with Gasteiger partial charge in [-0.3, -0.25) is 4.79 Å². The van der Waals surface area contributed by atoms with Crippen LogP contribution in [0, 0.1) is 18.8 Å². The van der Waals surface area contributed by atoms with Crippen molar-refractivity contribution in [3.63, 3.8) is 0 Å². The highest BCUT2D eigenvalue weighted by Gasteiger charge is 2.21. The first-order valence-electron chi connectivity index (χ1n) is 7.06. The van der Waals surface area contributed by atoms with Crippen LogP contribution < -0.4 is 0 Å². The Morgan fingerprint density at radius 2 is 2.19 bits per heavy atom. The van der Waals surface area contributed by atoms with Gasteiger partial charge in [-0.05, 0) is 38.5 Å². The third-order valence-corrected chi connectivity index (χ3v) is 3.41. The second kappa shape index (κ2) is 8.46. The van der Waals surface area contributed by atoms with Crippen LogP contribution in [0.5, 0.6) is 0 Å². The number of hydrogen-bond donors (Lipinski definition) is 1. The lowest BCUT2D eigenvalue weighted by Gasteiger charge is -2.28. The van der Waals surface area contributed by atoms with E-state index < -0.39 is 0 Å². The highest BCUT2D eigenvalue weighted by atomic mass is 16.5. The van der Waals surface area contributed by atoms with Crippen molar-refractivity contribution < 1.29 is 14.6 Å². The Hall–Kier alpha value is -1.83. The number of hydrogen-bond acceptors (Lipinski definition) is 3. The molecule has 4 nitrogen and oxygen atoms in total. The van der Waals surface area contributed by atoms with Gasteiger partial charge in [0.05, 0.1) is 12.6 Å². The number of carbonyl (C=O) groups is 1. The van der Waals surface area contributed by atoms with Gasteiger partial charge in [0.25, 0.3) is 5.91 Å². The number of methoxy groups -OCH3 is 1. The Balaban J connectivity index is 3.11. The van der Waals surface area contributed by atoms with Crippen LogP contribution in [0.15, 0.2) is 18.2 Å². The first-order valence-corrected chi connectivity index (χ1v) is 7.06. The molecule has 0 saturated heterocycles. The van der Waals surface area contributed by atoms with Crippen molar-refractivity contribution in [3.8, 4) is 11.8 Å². The van der Waals surface area contributed by atoms with E-state index in [1.807, 2.05) is 39.0 Å². The molecule has 0 aliphatic heterocycles. The number of rotatable bonds is 5. The van der Waals surface area contributed by atoms with E-state index in [1.54, 1.807) is 12.0 Å². The largest absolute Gasteiger partial charge is 0.384 e. The molecule has 21 heavy (non-hydrogen) atoms. The van der Waals surface area contributed by atoms with Crippen molar-refractivity contribution in [1.29, 1.82) is 0 Å².